The van der Waals surface area contributed by atoms with Gasteiger partial charge in [0.1, 0.15) is 11.4 Å². The number of rotatable bonds is 5. The Morgan fingerprint density at radius 1 is 0.520 bits per heavy atom. The average Bonchev–Trinajstić information content (AvgIpc) is 3.64. The second-order valence-corrected chi connectivity index (χ2v) is 13.8. The molecule has 0 radical (unpaired) electrons. The van der Waals surface area contributed by atoms with Crippen LogP contribution in [0.15, 0.2) is 152 Å². The molecule has 3 heterocycles. The van der Waals surface area contributed by atoms with Crippen molar-refractivity contribution in [1.29, 1.82) is 0 Å². The summed E-state index contributed by atoms with van der Waals surface area (Å²) in [6, 6.07) is 50.4. The molecular weight excluding hydrogens is 611 g/mol. The number of aromatic nitrogens is 3. The fourth-order valence-corrected chi connectivity index (χ4v) is 7.65. The minimum atomic E-state index is -0.110. The smallest absolute Gasteiger partial charge is 0.137 e. The number of nitrogens with zero attached hydrogens (tertiary/aromatic N) is 3. The number of fused-ring (bicyclic) bond motifs is 4. The van der Waals surface area contributed by atoms with Crippen LogP contribution >= 0.6 is 0 Å². The molecule has 0 unspecified atom stereocenters. The molecule has 4 heteroatoms. The quantitative estimate of drug-likeness (QED) is 0.203. The van der Waals surface area contributed by atoms with Crippen molar-refractivity contribution < 1.29 is 5.11 Å². The number of aryl methyl sites for hydroxylation is 1. The third kappa shape index (κ3) is 4.83. The molecule has 1 aliphatic carbocycles. The molecule has 1 N–H and O–H groups in total. The summed E-state index contributed by atoms with van der Waals surface area (Å²) in [5, 5.41) is 10.8. The van der Waals surface area contributed by atoms with E-state index in [0.29, 0.717) is 5.56 Å². The lowest BCUT2D eigenvalue weighted by Gasteiger charge is -2.22. The Balaban J connectivity index is 1.21. The third-order valence-corrected chi connectivity index (χ3v) is 10.2. The van der Waals surface area contributed by atoms with Crippen LogP contribution < -0.4 is 0 Å². The van der Waals surface area contributed by atoms with E-state index in [-0.39, 0.29) is 11.2 Å². The molecule has 240 valence electrons. The number of pyridine rings is 2. The van der Waals surface area contributed by atoms with Gasteiger partial charge in [0.2, 0.25) is 0 Å². The number of phenols is 1. The van der Waals surface area contributed by atoms with E-state index >= 15 is 0 Å². The molecular formula is C46H35N3O. The molecule has 0 atom stereocenters. The Morgan fingerprint density at radius 3 is 2.10 bits per heavy atom. The van der Waals surface area contributed by atoms with Gasteiger partial charge in [0.05, 0.1) is 22.8 Å². The predicted octanol–water partition coefficient (Wildman–Crippen LogP) is 11.4. The summed E-state index contributed by atoms with van der Waals surface area (Å²) in [6.07, 6.45) is 2.10. The zero-order valence-corrected chi connectivity index (χ0v) is 28.2. The summed E-state index contributed by atoms with van der Waals surface area (Å²) in [4.78, 5) is 10.4. The monoisotopic (exact) mass is 645 g/mol. The van der Waals surface area contributed by atoms with Gasteiger partial charge in [0.15, 0.2) is 0 Å². The van der Waals surface area contributed by atoms with Crippen molar-refractivity contribution in [3.63, 3.8) is 0 Å². The van der Waals surface area contributed by atoms with E-state index in [1.54, 1.807) is 6.07 Å². The van der Waals surface area contributed by atoms with Crippen LogP contribution in [-0.4, -0.2) is 19.5 Å². The van der Waals surface area contributed by atoms with Gasteiger partial charge in [-0.05, 0) is 88.8 Å². The van der Waals surface area contributed by atoms with Gasteiger partial charge in [0, 0.05) is 33.9 Å². The number of benzene rings is 5. The van der Waals surface area contributed by atoms with Crippen LogP contribution in [0.25, 0.3) is 72.9 Å². The van der Waals surface area contributed by atoms with Crippen molar-refractivity contribution >= 4 is 5.65 Å². The van der Waals surface area contributed by atoms with Crippen LogP contribution in [-0.2, 0) is 5.41 Å². The molecule has 9 rings (SSSR count). The van der Waals surface area contributed by atoms with Gasteiger partial charge >= 0.3 is 0 Å². The second kappa shape index (κ2) is 11.4. The van der Waals surface area contributed by atoms with Crippen LogP contribution in [0.4, 0.5) is 0 Å². The van der Waals surface area contributed by atoms with Gasteiger partial charge in [-0.15, -0.1) is 0 Å². The van der Waals surface area contributed by atoms with Crippen molar-refractivity contribution in [2.75, 3.05) is 0 Å². The van der Waals surface area contributed by atoms with E-state index in [4.69, 9.17) is 9.97 Å². The van der Waals surface area contributed by atoms with E-state index in [0.717, 1.165) is 56.2 Å². The maximum atomic E-state index is 10.8. The number of imidazole rings is 1. The molecule has 4 nitrogen and oxygen atoms in total. The Morgan fingerprint density at radius 2 is 1.24 bits per heavy atom. The molecule has 8 aromatic rings. The average molecular weight is 646 g/mol. The second-order valence-electron chi connectivity index (χ2n) is 13.8. The maximum absolute atomic E-state index is 10.8. The summed E-state index contributed by atoms with van der Waals surface area (Å²) < 4.78 is 2.20. The van der Waals surface area contributed by atoms with Crippen molar-refractivity contribution in [2.45, 2.75) is 26.2 Å². The predicted molar refractivity (Wildman–Crippen MR) is 204 cm³/mol. The lowest BCUT2D eigenvalue weighted by Crippen LogP contribution is -2.15. The summed E-state index contributed by atoms with van der Waals surface area (Å²) >= 11 is 0. The largest absolute Gasteiger partial charge is 0.507 e. The van der Waals surface area contributed by atoms with Crippen molar-refractivity contribution in [1.82, 2.24) is 14.4 Å². The Labute approximate surface area is 292 Å². The molecule has 50 heavy (non-hydrogen) atoms. The molecule has 1 aliphatic rings. The summed E-state index contributed by atoms with van der Waals surface area (Å²) in [5.41, 5.74) is 16.8. The standard InChI is InChI=1S/C46H35N3O/c1-29-12-10-13-30(24-29)34-27-40(47-41(28-34)37-17-5-7-19-42(37)50)31-14-11-15-32(25-31)44-45(49-23-9-8-20-43(49)48-44)33-21-22-36-35-16-4-6-18-38(35)46(2,3)39(36)26-33/h4-28,50H,1-3H3. The molecule has 5 aromatic carbocycles. The molecule has 0 amide bonds. The zero-order valence-electron chi connectivity index (χ0n) is 28.2. The summed E-state index contributed by atoms with van der Waals surface area (Å²) in [6.45, 7) is 6.75. The first kappa shape index (κ1) is 29.8. The Bertz CT molecular complexity index is 2610. The van der Waals surface area contributed by atoms with Crippen LogP contribution in [0.1, 0.15) is 30.5 Å². The SMILES string of the molecule is Cc1cccc(-c2cc(-c3cccc(-c4nc5ccccn5c4-c4ccc5c(c4)C(C)(C)c4ccccc4-5)c3)nc(-c3ccccc3O)c2)c1. The lowest BCUT2D eigenvalue weighted by molar-refractivity contribution is 0.477. The number of phenolic OH excluding ortho intramolecular Hbond substituents is 1. The zero-order chi connectivity index (χ0) is 34.0. The van der Waals surface area contributed by atoms with E-state index in [9.17, 15) is 5.11 Å². The fraction of sp³-hybridized carbons (Fsp3) is 0.0870. The lowest BCUT2D eigenvalue weighted by atomic mass is 9.82. The van der Waals surface area contributed by atoms with Gasteiger partial charge in [-0.1, -0.05) is 116 Å². The van der Waals surface area contributed by atoms with Gasteiger partial charge < -0.3 is 5.11 Å². The van der Waals surface area contributed by atoms with Gasteiger partial charge in [-0.25, -0.2) is 9.97 Å². The van der Waals surface area contributed by atoms with Gasteiger partial charge in [-0.2, -0.15) is 0 Å². The molecule has 3 aromatic heterocycles. The number of hydrogen-bond donors (Lipinski definition) is 1. The van der Waals surface area contributed by atoms with Crippen LogP contribution in [0, 0.1) is 6.92 Å². The minimum Gasteiger partial charge on any atom is -0.507 e. The molecule has 0 saturated carbocycles. The van der Waals surface area contributed by atoms with E-state index in [2.05, 4.69) is 147 Å². The minimum absolute atomic E-state index is 0.110. The molecule has 0 saturated heterocycles. The number of para-hydroxylation sites is 1. The van der Waals surface area contributed by atoms with Gasteiger partial charge in [0.25, 0.3) is 0 Å². The molecule has 0 fully saturated rings. The van der Waals surface area contributed by atoms with Crippen LogP contribution in [0.5, 0.6) is 5.75 Å². The maximum Gasteiger partial charge on any atom is 0.137 e. The van der Waals surface area contributed by atoms with Crippen molar-refractivity contribution in [3.05, 3.63) is 168 Å². The fourth-order valence-electron chi connectivity index (χ4n) is 7.65. The molecule has 0 spiro atoms. The first-order chi connectivity index (χ1) is 24.3. The van der Waals surface area contributed by atoms with Crippen molar-refractivity contribution in [2.24, 2.45) is 0 Å². The highest BCUT2D eigenvalue weighted by molar-refractivity contribution is 5.88. The molecule has 0 aliphatic heterocycles. The number of hydrogen-bond acceptors (Lipinski definition) is 3. The topological polar surface area (TPSA) is 50.4 Å². The highest BCUT2D eigenvalue weighted by Crippen LogP contribution is 2.50. The first-order valence-corrected chi connectivity index (χ1v) is 17.1. The highest BCUT2D eigenvalue weighted by atomic mass is 16.3. The van der Waals surface area contributed by atoms with Gasteiger partial charge in [-0.3, -0.25) is 4.40 Å². The summed E-state index contributed by atoms with van der Waals surface area (Å²) in [5.74, 6) is 0.205. The Hall–Kier alpha value is -6.26. The number of aromatic hydroxyl groups is 1. The Kier molecular flexibility index (Phi) is 6.82. The summed E-state index contributed by atoms with van der Waals surface area (Å²) in [7, 11) is 0. The van der Waals surface area contributed by atoms with Crippen molar-refractivity contribution in [3.8, 4) is 73.0 Å². The van der Waals surface area contributed by atoms with Crippen LogP contribution in [0.3, 0.4) is 0 Å². The normalized spacial score (nSPS) is 12.9. The van der Waals surface area contributed by atoms with Crippen LogP contribution in [0.2, 0.25) is 0 Å². The molecule has 0 bridgehead atoms. The van der Waals surface area contributed by atoms with E-state index in [1.165, 1.54) is 27.8 Å². The first-order valence-electron chi connectivity index (χ1n) is 17.1. The highest BCUT2D eigenvalue weighted by Gasteiger charge is 2.35. The van der Waals surface area contributed by atoms with E-state index in [1.807, 2.05) is 24.3 Å². The third-order valence-electron chi connectivity index (χ3n) is 10.2. The van der Waals surface area contributed by atoms with E-state index < -0.39 is 0 Å².